The summed E-state index contributed by atoms with van der Waals surface area (Å²) >= 11 is 1.95. The molecule has 0 aromatic heterocycles. The van der Waals surface area contributed by atoms with Crippen LogP contribution in [0.2, 0.25) is 0 Å². The number of amidine groups is 1. The van der Waals surface area contributed by atoms with E-state index >= 15 is 0 Å². The van der Waals surface area contributed by atoms with Crippen LogP contribution in [0.4, 0.5) is 0 Å². The van der Waals surface area contributed by atoms with Gasteiger partial charge in [0.25, 0.3) is 0 Å². The van der Waals surface area contributed by atoms with Crippen molar-refractivity contribution < 1.29 is 4.74 Å². The van der Waals surface area contributed by atoms with Crippen molar-refractivity contribution in [2.45, 2.75) is 51.0 Å². The molecule has 1 N–H and O–H groups in total. The van der Waals surface area contributed by atoms with Gasteiger partial charge in [-0.2, -0.15) is 0 Å². The first-order valence-electron chi connectivity index (χ1n) is 7.79. The Morgan fingerprint density at radius 2 is 2.21 bits per heavy atom. The van der Waals surface area contributed by atoms with Gasteiger partial charge in [0.2, 0.25) is 0 Å². The number of ether oxygens (including phenoxy) is 1. The number of hydrogen-bond donors (Lipinski definition) is 1. The van der Waals surface area contributed by atoms with Crippen LogP contribution in [-0.4, -0.2) is 36.2 Å². The normalized spacial score (nSPS) is 38.8. The number of aliphatic imine (C=N–C) groups is 1. The molecular formula is C15H26N2OS. The number of hydrogen-bond acceptors (Lipinski definition) is 3. The molecule has 0 bridgehead atoms. The maximum absolute atomic E-state index is 5.40. The van der Waals surface area contributed by atoms with E-state index in [1.165, 1.54) is 49.4 Å². The number of rotatable bonds is 2. The molecule has 1 saturated carbocycles. The molecule has 2 unspecified atom stereocenters. The zero-order chi connectivity index (χ0) is 13.1. The molecule has 3 rings (SSSR count). The fourth-order valence-corrected chi connectivity index (χ4v) is 4.84. The molecule has 2 atom stereocenters. The van der Waals surface area contributed by atoms with Crippen molar-refractivity contribution in [3.8, 4) is 0 Å². The minimum atomic E-state index is 0.372. The first-order valence-corrected chi connectivity index (χ1v) is 8.77. The third-order valence-electron chi connectivity index (χ3n) is 4.78. The van der Waals surface area contributed by atoms with Crippen molar-refractivity contribution in [2.75, 3.05) is 25.5 Å². The Labute approximate surface area is 121 Å². The van der Waals surface area contributed by atoms with E-state index in [4.69, 9.17) is 9.73 Å². The molecule has 108 valence electrons. The Hall–Kier alpha value is -0.220. The third-order valence-corrected chi connectivity index (χ3v) is 5.98. The van der Waals surface area contributed by atoms with Crippen LogP contribution in [0.3, 0.4) is 0 Å². The van der Waals surface area contributed by atoms with Crippen LogP contribution < -0.4 is 5.32 Å². The van der Waals surface area contributed by atoms with Gasteiger partial charge in [-0.3, -0.25) is 4.99 Å². The van der Waals surface area contributed by atoms with Gasteiger partial charge in [0.05, 0.1) is 0 Å². The molecule has 0 aromatic carbocycles. The quantitative estimate of drug-likeness (QED) is 0.845. The number of thioether (sulfide) groups is 1. The van der Waals surface area contributed by atoms with Gasteiger partial charge in [-0.25, -0.2) is 0 Å². The minimum Gasteiger partial charge on any atom is -0.381 e. The van der Waals surface area contributed by atoms with E-state index in [-0.39, 0.29) is 0 Å². The molecule has 3 aliphatic rings. The maximum atomic E-state index is 5.40. The number of nitrogens with one attached hydrogen (secondary N) is 1. The highest BCUT2D eigenvalue weighted by Gasteiger charge is 2.40. The Bertz CT molecular complexity index is 341. The van der Waals surface area contributed by atoms with Crippen molar-refractivity contribution in [2.24, 2.45) is 16.8 Å². The smallest absolute Gasteiger partial charge is 0.157 e. The largest absolute Gasteiger partial charge is 0.381 e. The van der Waals surface area contributed by atoms with Gasteiger partial charge >= 0.3 is 0 Å². The lowest BCUT2D eigenvalue weighted by atomic mass is 9.78. The highest BCUT2D eigenvalue weighted by Crippen LogP contribution is 2.38. The topological polar surface area (TPSA) is 33.6 Å². The van der Waals surface area contributed by atoms with Gasteiger partial charge in [0.1, 0.15) is 0 Å². The molecule has 0 radical (unpaired) electrons. The Morgan fingerprint density at radius 1 is 1.37 bits per heavy atom. The molecule has 2 saturated heterocycles. The highest BCUT2D eigenvalue weighted by molar-refractivity contribution is 8.14. The first kappa shape index (κ1) is 13.7. The van der Waals surface area contributed by atoms with Crippen molar-refractivity contribution in [3.63, 3.8) is 0 Å². The van der Waals surface area contributed by atoms with Gasteiger partial charge < -0.3 is 10.1 Å². The van der Waals surface area contributed by atoms with Crippen molar-refractivity contribution >= 4 is 16.9 Å². The fraction of sp³-hybridized carbons (Fsp3) is 0.933. The van der Waals surface area contributed by atoms with Crippen LogP contribution in [0, 0.1) is 11.8 Å². The second kappa shape index (κ2) is 6.04. The van der Waals surface area contributed by atoms with Gasteiger partial charge in [-0.15, -0.1) is 0 Å². The fourth-order valence-electron chi connectivity index (χ4n) is 3.64. The first-order chi connectivity index (χ1) is 9.26. The molecule has 1 aliphatic carbocycles. The van der Waals surface area contributed by atoms with Crippen LogP contribution >= 0.6 is 11.8 Å². The lowest BCUT2D eigenvalue weighted by molar-refractivity contribution is 0.0689. The van der Waals surface area contributed by atoms with Crippen LogP contribution in [0.15, 0.2) is 4.99 Å². The predicted molar refractivity (Wildman–Crippen MR) is 81.8 cm³/mol. The van der Waals surface area contributed by atoms with E-state index in [9.17, 15) is 0 Å². The molecule has 2 heterocycles. The van der Waals surface area contributed by atoms with Crippen LogP contribution in [-0.2, 0) is 4.74 Å². The monoisotopic (exact) mass is 282 g/mol. The van der Waals surface area contributed by atoms with E-state index in [1.807, 2.05) is 11.8 Å². The minimum absolute atomic E-state index is 0.372. The Kier molecular flexibility index (Phi) is 4.37. The Balaban J connectivity index is 1.53. The van der Waals surface area contributed by atoms with E-state index in [0.29, 0.717) is 5.54 Å². The predicted octanol–water partition coefficient (Wildman–Crippen LogP) is 3.05. The second-order valence-electron chi connectivity index (χ2n) is 6.60. The summed E-state index contributed by atoms with van der Waals surface area (Å²) in [5.74, 6) is 2.84. The van der Waals surface area contributed by atoms with Crippen molar-refractivity contribution in [1.29, 1.82) is 0 Å². The lowest BCUT2D eigenvalue weighted by Gasteiger charge is -2.36. The molecular weight excluding hydrogens is 256 g/mol. The van der Waals surface area contributed by atoms with Gasteiger partial charge in [-0.05, 0) is 37.5 Å². The summed E-state index contributed by atoms with van der Waals surface area (Å²) in [6.07, 6.45) is 7.81. The van der Waals surface area contributed by atoms with E-state index in [1.54, 1.807) is 0 Å². The van der Waals surface area contributed by atoms with Crippen LogP contribution in [0.5, 0.6) is 0 Å². The van der Waals surface area contributed by atoms with Gasteiger partial charge in [0, 0.05) is 31.1 Å². The summed E-state index contributed by atoms with van der Waals surface area (Å²) in [5.41, 5.74) is 0.372. The third kappa shape index (κ3) is 3.46. The summed E-state index contributed by atoms with van der Waals surface area (Å²) < 4.78 is 5.40. The molecule has 0 amide bonds. The standard InChI is InChI=1S/C15H26N2OS/c1-12-3-2-6-15(9-12)11-19-14(17-15)16-10-13-4-7-18-8-5-13/h12-13H,2-11H2,1H3,(H,16,17). The zero-order valence-corrected chi connectivity index (χ0v) is 12.8. The summed E-state index contributed by atoms with van der Waals surface area (Å²) in [7, 11) is 0. The summed E-state index contributed by atoms with van der Waals surface area (Å²) in [5, 5.41) is 4.97. The molecule has 0 aromatic rings. The molecule has 3 fully saturated rings. The van der Waals surface area contributed by atoms with Crippen LogP contribution in [0.1, 0.15) is 45.4 Å². The van der Waals surface area contributed by atoms with E-state index in [0.717, 1.165) is 31.6 Å². The summed E-state index contributed by atoms with van der Waals surface area (Å²) in [4.78, 5) is 4.83. The Morgan fingerprint density at radius 3 is 3.00 bits per heavy atom. The van der Waals surface area contributed by atoms with E-state index < -0.39 is 0 Å². The van der Waals surface area contributed by atoms with Crippen molar-refractivity contribution in [1.82, 2.24) is 5.32 Å². The molecule has 4 heteroatoms. The van der Waals surface area contributed by atoms with Crippen molar-refractivity contribution in [3.05, 3.63) is 0 Å². The average molecular weight is 282 g/mol. The summed E-state index contributed by atoms with van der Waals surface area (Å²) in [6, 6.07) is 0. The SMILES string of the molecule is CC1CCCC2(CSC(=NCC3CCOCC3)N2)C1. The summed E-state index contributed by atoms with van der Waals surface area (Å²) in [6.45, 7) is 5.24. The van der Waals surface area contributed by atoms with Gasteiger partial charge in [0.15, 0.2) is 5.17 Å². The van der Waals surface area contributed by atoms with E-state index in [2.05, 4.69) is 12.2 Å². The zero-order valence-electron chi connectivity index (χ0n) is 12.0. The highest BCUT2D eigenvalue weighted by atomic mass is 32.2. The molecule has 3 nitrogen and oxygen atoms in total. The van der Waals surface area contributed by atoms with Gasteiger partial charge in [-0.1, -0.05) is 31.5 Å². The molecule has 19 heavy (non-hydrogen) atoms. The molecule has 1 spiro atoms. The lowest BCUT2D eigenvalue weighted by Crippen LogP contribution is -2.47. The second-order valence-corrected chi connectivity index (χ2v) is 7.56. The number of nitrogens with zero attached hydrogens (tertiary/aromatic N) is 1. The molecule has 2 aliphatic heterocycles. The van der Waals surface area contributed by atoms with Crippen LogP contribution in [0.25, 0.3) is 0 Å². The maximum Gasteiger partial charge on any atom is 0.157 e. The average Bonchev–Trinajstić information content (AvgIpc) is 2.80.